The lowest BCUT2D eigenvalue weighted by Gasteiger charge is -2.37. The summed E-state index contributed by atoms with van der Waals surface area (Å²) < 4.78 is 5.26. The van der Waals surface area contributed by atoms with Gasteiger partial charge in [0, 0.05) is 12.6 Å². The molecule has 2 fully saturated rings. The number of rotatable bonds is 4. The van der Waals surface area contributed by atoms with Crippen LogP contribution in [-0.4, -0.2) is 59.6 Å². The van der Waals surface area contributed by atoms with Gasteiger partial charge in [-0.15, -0.1) is 0 Å². The van der Waals surface area contributed by atoms with E-state index in [1.807, 2.05) is 0 Å². The molecule has 2 rings (SSSR count). The van der Waals surface area contributed by atoms with Gasteiger partial charge in [-0.25, -0.2) is 0 Å². The van der Waals surface area contributed by atoms with E-state index in [1.165, 1.54) is 18.7 Å². The third kappa shape index (κ3) is 2.92. The summed E-state index contributed by atoms with van der Waals surface area (Å²) in [6.45, 7) is 3.36. The van der Waals surface area contributed by atoms with E-state index in [2.05, 4.69) is 5.32 Å². The number of carbonyl (C=O) groups excluding carboxylic acids is 2. The van der Waals surface area contributed by atoms with Crippen molar-refractivity contribution in [1.82, 2.24) is 10.2 Å². The molecular formula is C13H20N2O5. The van der Waals surface area contributed by atoms with E-state index in [4.69, 9.17) is 9.84 Å². The number of hydrogen-bond acceptors (Lipinski definition) is 4. The first-order valence-corrected chi connectivity index (χ1v) is 6.76. The Morgan fingerprint density at radius 3 is 2.50 bits per heavy atom. The van der Waals surface area contributed by atoms with Crippen molar-refractivity contribution in [1.29, 1.82) is 0 Å². The molecule has 20 heavy (non-hydrogen) atoms. The molecule has 7 nitrogen and oxygen atoms in total. The van der Waals surface area contributed by atoms with Gasteiger partial charge in [0.25, 0.3) is 0 Å². The summed E-state index contributed by atoms with van der Waals surface area (Å²) in [6.07, 6.45) is 1.90. The molecule has 2 amide bonds. The summed E-state index contributed by atoms with van der Waals surface area (Å²) in [4.78, 5) is 37.0. The van der Waals surface area contributed by atoms with E-state index < -0.39 is 23.3 Å². The van der Waals surface area contributed by atoms with E-state index in [1.54, 1.807) is 0 Å². The lowest BCUT2D eigenvalue weighted by Crippen LogP contribution is -2.59. The Labute approximate surface area is 117 Å². The van der Waals surface area contributed by atoms with Gasteiger partial charge in [-0.05, 0) is 26.7 Å². The zero-order valence-corrected chi connectivity index (χ0v) is 11.7. The Hall–Kier alpha value is -1.63. The fraction of sp³-hybridized carbons (Fsp3) is 0.769. The highest BCUT2D eigenvalue weighted by molar-refractivity contribution is 6.02. The number of hydrogen-bond donors (Lipinski definition) is 2. The normalized spacial score (nSPS) is 23.3. The van der Waals surface area contributed by atoms with Gasteiger partial charge in [0.2, 0.25) is 11.8 Å². The van der Waals surface area contributed by atoms with Crippen molar-refractivity contribution in [2.45, 2.75) is 38.8 Å². The fourth-order valence-electron chi connectivity index (χ4n) is 2.04. The molecule has 1 aliphatic carbocycles. The molecule has 1 saturated heterocycles. The van der Waals surface area contributed by atoms with Crippen LogP contribution in [0, 0.1) is 5.41 Å². The van der Waals surface area contributed by atoms with Crippen LogP contribution >= 0.6 is 0 Å². The number of aliphatic carboxylic acids is 1. The monoisotopic (exact) mass is 284 g/mol. The topological polar surface area (TPSA) is 95.9 Å². The molecule has 0 spiro atoms. The first-order chi connectivity index (χ1) is 9.34. The largest absolute Gasteiger partial charge is 0.480 e. The maximum absolute atomic E-state index is 12.4. The third-order valence-corrected chi connectivity index (χ3v) is 3.69. The second-order valence-electron chi connectivity index (χ2n) is 5.80. The number of carbonyl (C=O) groups is 3. The minimum Gasteiger partial charge on any atom is -0.480 e. The van der Waals surface area contributed by atoms with Crippen LogP contribution in [0.4, 0.5) is 0 Å². The molecule has 0 aromatic rings. The molecule has 1 heterocycles. The Balaban J connectivity index is 2.11. The number of amides is 2. The first-order valence-electron chi connectivity index (χ1n) is 6.76. The molecule has 1 aliphatic heterocycles. The highest BCUT2D eigenvalue weighted by atomic mass is 16.5. The molecule has 1 atom stereocenters. The summed E-state index contributed by atoms with van der Waals surface area (Å²) >= 11 is 0. The summed E-state index contributed by atoms with van der Waals surface area (Å²) in [6, 6.07) is -0.552. The van der Waals surface area contributed by atoms with E-state index >= 15 is 0 Å². The molecule has 1 saturated carbocycles. The molecule has 112 valence electrons. The Bertz CT molecular complexity index is 430. The average molecular weight is 284 g/mol. The smallest absolute Gasteiger partial charge is 0.318 e. The van der Waals surface area contributed by atoms with Gasteiger partial charge in [-0.3, -0.25) is 14.4 Å². The van der Waals surface area contributed by atoms with E-state index in [0.717, 1.165) is 12.8 Å². The molecule has 1 unspecified atom stereocenters. The number of nitrogens with one attached hydrogen (secondary N) is 1. The van der Waals surface area contributed by atoms with Crippen LogP contribution in [0.5, 0.6) is 0 Å². The van der Waals surface area contributed by atoms with Gasteiger partial charge in [0.15, 0.2) is 0 Å². The van der Waals surface area contributed by atoms with Crippen LogP contribution in [0.1, 0.15) is 26.7 Å². The van der Waals surface area contributed by atoms with Gasteiger partial charge in [-0.1, -0.05) is 0 Å². The summed E-state index contributed by atoms with van der Waals surface area (Å²) in [5.74, 6) is -2.01. The minimum atomic E-state index is -1.55. The molecule has 7 heteroatoms. The van der Waals surface area contributed by atoms with Crippen LogP contribution in [0.3, 0.4) is 0 Å². The number of carboxylic acid groups (broad SMARTS) is 1. The van der Waals surface area contributed by atoms with Crippen molar-refractivity contribution < 1.29 is 24.2 Å². The van der Waals surface area contributed by atoms with Crippen LogP contribution in [0.15, 0.2) is 0 Å². The first kappa shape index (κ1) is 14.8. The van der Waals surface area contributed by atoms with E-state index in [9.17, 15) is 14.4 Å². The standard InChI is InChI=1S/C13H20N2O5/c1-13(2,12(18)19)11(17)15-5-6-20-7-9(15)10(16)14-8-3-4-8/h8-9H,3-7H2,1-2H3,(H,14,16)(H,18,19). The van der Waals surface area contributed by atoms with Crippen molar-refractivity contribution in [3.05, 3.63) is 0 Å². The van der Waals surface area contributed by atoms with Crippen molar-refractivity contribution in [2.75, 3.05) is 19.8 Å². The third-order valence-electron chi connectivity index (χ3n) is 3.69. The maximum atomic E-state index is 12.4. The predicted octanol–water partition coefficient (Wildman–Crippen LogP) is -0.397. The highest BCUT2D eigenvalue weighted by Gasteiger charge is 2.44. The van der Waals surface area contributed by atoms with Gasteiger partial charge in [0.05, 0.1) is 13.2 Å². The molecule has 2 aliphatic rings. The second-order valence-corrected chi connectivity index (χ2v) is 5.80. The Kier molecular flexibility index (Phi) is 3.99. The second kappa shape index (κ2) is 5.40. The number of ether oxygens (including phenoxy) is 1. The zero-order valence-electron chi connectivity index (χ0n) is 11.7. The van der Waals surface area contributed by atoms with Crippen molar-refractivity contribution in [3.8, 4) is 0 Å². The number of carboxylic acids is 1. The Morgan fingerprint density at radius 2 is 1.95 bits per heavy atom. The summed E-state index contributed by atoms with van der Waals surface area (Å²) in [5, 5.41) is 12.0. The molecule has 2 N–H and O–H groups in total. The van der Waals surface area contributed by atoms with Crippen molar-refractivity contribution in [2.24, 2.45) is 5.41 Å². The summed E-state index contributed by atoms with van der Waals surface area (Å²) in [7, 11) is 0. The van der Waals surface area contributed by atoms with Gasteiger partial charge >= 0.3 is 5.97 Å². The SMILES string of the molecule is CC(C)(C(=O)O)C(=O)N1CCOCC1C(=O)NC1CC1. The summed E-state index contributed by atoms with van der Waals surface area (Å²) in [5.41, 5.74) is -1.55. The molecule has 0 radical (unpaired) electrons. The van der Waals surface area contributed by atoms with Crippen LogP contribution in [0.25, 0.3) is 0 Å². The molecule has 0 aromatic carbocycles. The van der Waals surface area contributed by atoms with Crippen molar-refractivity contribution in [3.63, 3.8) is 0 Å². The molecular weight excluding hydrogens is 264 g/mol. The van der Waals surface area contributed by atoms with Gasteiger partial charge < -0.3 is 20.1 Å². The fourth-order valence-corrected chi connectivity index (χ4v) is 2.04. The van der Waals surface area contributed by atoms with Crippen molar-refractivity contribution >= 4 is 17.8 Å². The maximum Gasteiger partial charge on any atom is 0.318 e. The number of morpholine rings is 1. The lowest BCUT2D eigenvalue weighted by atomic mass is 9.91. The van der Waals surface area contributed by atoms with E-state index in [0.29, 0.717) is 6.61 Å². The van der Waals surface area contributed by atoms with Gasteiger partial charge in [-0.2, -0.15) is 0 Å². The highest BCUT2D eigenvalue weighted by Crippen LogP contribution is 2.24. The zero-order chi connectivity index (χ0) is 14.9. The molecule has 0 aromatic heterocycles. The average Bonchev–Trinajstić information content (AvgIpc) is 3.21. The molecule has 0 bridgehead atoms. The van der Waals surface area contributed by atoms with E-state index in [-0.39, 0.29) is 25.1 Å². The van der Waals surface area contributed by atoms with Crippen LogP contribution < -0.4 is 5.32 Å². The predicted molar refractivity (Wildman–Crippen MR) is 68.9 cm³/mol. The number of nitrogens with zero attached hydrogens (tertiary/aromatic N) is 1. The quantitative estimate of drug-likeness (QED) is 0.685. The van der Waals surface area contributed by atoms with Gasteiger partial charge in [0.1, 0.15) is 11.5 Å². The lowest BCUT2D eigenvalue weighted by molar-refractivity contribution is -0.165. The van der Waals surface area contributed by atoms with Crippen LogP contribution in [0.2, 0.25) is 0 Å². The minimum absolute atomic E-state index is 0.111. The Morgan fingerprint density at radius 1 is 1.30 bits per heavy atom. The van der Waals surface area contributed by atoms with Crippen LogP contribution in [-0.2, 0) is 19.1 Å².